The van der Waals surface area contributed by atoms with Crippen LogP contribution in [-0.2, 0) is 0 Å². The first-order valence-electron chi connectivity index (χ1n) is 17.8. The first-order valence-corrected chi connectivity index (χ1v) is 18.6. The van der Waals surface area contributed by atoms with Gasteiger partial charge in [-0.2, -0.15) is 0 Å². The first kappa shape index (κ1) is 28.1. The lowest BCUT2D eigenvalue weighted by Crippen LogP contribution is -2.12. The third-order valence-electron chi connectivity index (χ3n) is 11.0. The summed E-state index contributed by atoms with van der Waals surface area (Å²) in [5, 5.41) is 7.69. The van der Waals surface area contributed by atoms with Gasteiger partial charge in [0.1, 0.15) is 0 Å². The van der Waals surface area contributed by atoms with Crippen LogP contribution in [0.2, 0.25) is 0 Å². The summed E-state index contributed by atoms with van der Waals surface area (Å²) in [6, 6.07) is 64.7. The number of hydrogen-bond acceptors (Lipinski definition) is 2. The summed E-state index contributed by atoms with van der Waals surface area (Å²) in [7, 11) is 0. The molecule has 0 amide bonds. The Morgan fingerprint density at radius 1 is 0.385 bits per heavy atom. The van der Waals surface area contributed by atoms with Gasteiger partial charge in [0.2, 0.25) is 0 Å². The molecule has 0 aliphatic heterocycles. The van der Waals surface area contributed by atoms with Crippen molar-refractivity contribution in [2.45, 2.75) is 0 Å². The normalized spacial score (nSPS) is 12.2. The van der Waals surface area contributed by atoms with Gasteiger partial charge in [0.15, 0.2) is 0 Å². The summed E-state index contributed by atoms with van der Waals surface area (Å²) in [4.78, 5) is 2.50. The van der Waals surface area contributed by atoms with E-state index in [-0.39, 0.29) is 0 Å². The fourth-order valence-electron chi connectivity index (χ4n) is 8.90. The van der Waals surface area contributed by atoms with Gasteiger partial charge in [-0.3, -0.25) is 0 Å². The zero-order valence-corrected chi connectivity index (χ0v) is 28.8. The Hall–Kier alpha value is -6.62. The minimum absolute atomic E-state index is 1.11. The molecule has 0 radical (unpaired) electrons. The molecule has 0 saturated carbocycles. The van der Waals surface area contributed by atoms with Crippen molar-refractivity contribution >= 4 is 103 Å². The van der Waals surface area contributed by atoms with Gasteiger partial charge in [0.05, 0.1) is 44.5 Å². The lowest BCUT2D eigenvalue weighted by Gasteiger charge is -2.29. The van der Waals surface area contributed by atoms with E-state index >= 15 is 0 Å². The highest BCUT2D eigenvalue weighted by atomic mass is 32.1. The molecule has 12 aromatic rings. The molecule has 0 unspecified atom stereocenters. The van der Waals surface area contributed by atoms with E-state index in [0.717, 1.165) is 11.4 Å². The van der Waals surface area contributed by atoms with Crippen LogP contribution in [0.5, 0.6) is 0 Å². The molecule has 12 rings (SSSR count). The Bertz CT molecular complexity index is 3360. The molecule has 0 bridgehead atoms. The van der Waals surface area contributed by atoms with E-state index in [2.05, 4.69) is 190 Å². The van der Waals surface area contributed by atoms with Crippen LogP contribution in [0.15, 0.2) is 176 Å². The molecule has 0 atom stereocenters. The third-order valence-corrected chi connectivity index (χ3v) is 12.2. The van der Waals surface area contributed by atoms with Crippen LogP contribution in [0.25, 0.3) is 85.9 Å². The number of rotatable bonds is 4. The standard InChI is InChI=1S/C48H29N3S/c1-2-13-30(14-3-1)32-15-4-8-19-38(32)49(42-22-12-24-45-46(42)37-18-7-11-23-44(37)52-45)31-25-28-41-43(29-31)51-40-21-10-6-17-34(40)36-27-26-35-33-16-5-9-20-39(33)50(41)47(35)48(36)51/h1-29H. The molecule has 0 saturated heterocycles. The van der Waals surface area contributed by atoms with Crippen molar-refractivity contribution in [3.63, 3.8) is 0 Å². The summed E-state index contributed by atoms with van der Waals surface area (Å²) in [6.45, 7) is 0. The molecule has 0 aliphatic rings. The summed E-state index contributed by atoms with van der Waals surface area (Å²) >= 11 is 1.86. The maximum absolute atomic E-state index is 2.52. The maximum Gasteiger partial charge on any atom is 0.0789 e. The smallest absolute Gasteiger partial charge is 0.0789 e. The Morgan fingerprint density at radius 3 is 1.75 bits per heavy atom. The molecule has 242 valence electrons. The summed E-state index contributed by atoms with van der Waals surface area (Å²) in [5.41, 5.74) is 13.2. The van der Waals surface area contributed by atoms with Crippen LogP contribution >= 0.6 is 11.3 Å². The Labute approximate surface area is 302 Å². The number of thiophene rings is 1. The molecule has 4 heterocycles. The van der Waals surface area contributed by atoms with Crippen molar-refractivity contribution in [3.05, 3.63) is 176 Å². The number of anilines is 3. The minimum atomic E-state index is 1.11. The summed E-state index contributed by atoms with van der Waals surface area (Å²) < 4.78 is 7.60. The number of fused-ring (bicyclic) bond motifs is 12. The van der Waals surface area contributed by atoms with E-state index < -0.39 is 0 Å². The second kappa shape index (κ2) is 10.5. The summed E-state index contributed by atoms with van der Waals surface area (Å²) in [6.07, 6.45) is 0. The molecule has 52 heavy (non-hydrogen) atoms. The van der Waals surface area contributed by atoms with Crippen LogP contribution < -0.4 is 4.90 Å². The molecule has 4 heteroatoms. The highest BCUT2D eigenvalue weighted by molar-refractivity contribution is 7.26. The van der Waals surface area contributed by atoms with Crippen LogP contribution in [0.1, 0.15) is 0 Å². The second-order valence-corrected chi connectivity index (χ2v) is 14.8. The van der Waals surface area contributed by atoms with Gasteiger partial charge >= 0.3 is 0 Å². The van der Waals surface area contributed by atoms with E-state index in [4.69, 9.17) is 0 Å². The van der Waals surface area contributed by atoms with Crippen LogP contribution in [0.3, 0.4) is 0 Å². The van der Waals surface area contributed by atoms with E-state index in [1.807, 2.05) is 11.3 Å². The highest BCUT2D eigenvalue weighted by Gasteiger charge is 2.25. The molecular formula is C48H29N3S. The van der Waals surface area contributed by atoms with Crippen molar-refractivity contribution in [1.82, 2.24) is 8.80 Å². The van der Waals surface area contributed by atoms with E-state index in [0.29, 0.717) is 0 Å². The Morgan fingerprint density at radius 2 is 0.981 bits per heavy atom. The zero-order valence-electron chi connectivity index (χ0n) is 28.0. The van der Waals surface area contributed by atoms with E-state index in [1.165, 1.54) is 91.6 Å². The molecule has 8 aromatic carbocycles. The van der Waals surface area contributed by atoms with Crippen molar-refractivity contribution in [2.75, 3.05) is 4.90 Å². The van der Waals surface area contributed by atoms with Gasteiger partial charge in [0.25, 0.3) is 0 Å². The van der Waals surface area contributed by atoms with Crippen LogP contribution in [0, 0.1) is 0 Å². The molecule has 0 aliphatic carbocycles. The zero-order chi connectivity index (χ0) is 33.9. The number of nitrogens with zero attached hydrogens (tertiary/aromatic N) is 3. The summed E-state index contributed by atoms with van der Waals surface area (Å²) in [5.74, 6) is 0. The van der Waals surface area contributed by atoms with Gasteiger partial charge in [0, 0.05) is 53.0 Å². The Kier molecular flexibility index (Phi) is 5.65. The molecule has 0 spiro atoms. The van der Waals surface area contributed by atoms with Crippen molar-refractivity contribution in [3.8, 4) is 11.1 Å². The average molecular weight is 680 g/mol. The van der Waals surface area contributed by atoms with Gasteiger partial charge in [-0.1, -0.05) is 121 Å². The van der Waals surface area contributed by atoms with Crippen LogP contribution in [-0.4, -0.2) is 8.80 Å². The molecule has 0 N–H and O–H groups in total. The topological polar surface area (TPSA) is 12.1 Å². The average Bonchev–Trinajstić information content (AvgIpc) is 3.87. The van der Waals surface area contributed by atoms with Crippen molar-refractivity contribution in [1.29, 1.82) is 0 Å². The van der Waals surface area contributed by atoms with Gasteiger partial charge in [-0.25, -0.2) is 0 Å². The quantitative estimate of drug-likeness (QED) is 0.169. The molecule has 3 nitrogen and oxygen atoms in total. The Balaban J connectivity index is 1.25. The number of para-hydroxylation sites is 3. The second-order valence-electron chi connectivity index (χ2n) is 13.7. The third kappa shape index (κ3) is 3.69. The number of hydrogen-bond donors (Lipinski definition) is 0. The van der Waals surface area contributed by atoms with E-state index in [9.17, 15) is 0 Å². The lowest BCUT2D eigenvalue weighted by atomic mass is 10.0. The first-order chi connectivity index (χ1) is 25.8. The molecular weight excluding hydrogens is 651 g/mol. The van der Waals surface area contributed by atoms with Gasteiger partial charge < -0.3 is 13.7 Å². The highest BCUT2D eigenvalue weighted by Crippen LogP contribution is 2.48. The largest absolute Gasteiger partial charge is 0.309 e. The van der Waals surface area contributed by atoms with Gasteiger partial charge in [-0.15, -0.1) is 11.3 Å². The maximum atomic E-state index is 2.52. The van der Waals surface area contributed by atoms with Crippen LogP contribution in [0.4, 0.5) is 17.1 Å². The predicted molar refractivity (Wildman–Crippen MR) is 223 cm³/mol. The monoisotopic (exact) mass is 679 g/mol. The molecule has 0 fully saturated rings. The van der Waals surface area contributed by atoms with Crippen molar-refractivity contribution in [2.24, 2.45) is 0 Å². The van der Waals surface area contributed by atoms with E-state index in [1.54, 1.807) is 0 Å². The predicted octanol–water partition coefficient (Wildman–Crippen LogP) is 13.7. The number of aromatic nitrogens is 2. The number of benzene rings is 8. The molecule has 4 aromatic heterocycles. The minimum Gasteiger partial charge on any atom is -0.309 e. The lowest BCUT2D eigenvalue weighted by molar-refractivity contribution is 1.24. The SMILES string of the molecule is c1ccc(-c2ccccc2N(c2ccc3c(c2)n2c4ccccc4c4ccc5c6ccccc6n3c5c42)c2cccc3sc4ccccc4c23)cc1. The fraction of sp³-hybridized carbons (Fsp3) is 0. The van der Waals surface area contributed by atoms with Crippen molar-refractivity contribution < 1.29 is 0 Å². The fourth-order valence-corrected chi connectivity index (χ4v) is 10.0. The van der Waals surface area contributed by atoms with Gasteiger partial charge in [-0.05, 0) is 60.2 Å².